The van der Waals surface area contributed by atoms with Crippen molar-refractivity contribution in [2.75, 3.05) is 19.6 Å². The summed E-state index contributed by atoms with van der Waals surface area (Å²) in [6, 6.07) is 6.07. The molecule has 0 radical (unpaired) electrons. The quantitative estimate of drug-likeness (QED) is 0.896. The topological polar surface area (TPSA) is 65.2 Å². The SMILES string of the molecule is CCNC(=O)[C@@H]1CCCN(C(=O)c2c[nH]cc2-c2ccc(F)cc2)C1. The highest BCUT2D eigenvalue weighted by atomic mass is 19.1. The average molecular weight is 343 g/mol. The molecule has 0 aliphatic carbocycles. The van der Waals surface area contributed by atoms with Crippen molar-refractivity contribution in [3.8, 4) is 11.1 Å². The third kappa shape index (κ3) is 3.73. The number of carbonyl (C=O) groups excluding carboxylic acids is 2. The zero-order chi connectivity index (χ0) is 17.8. The Bertz CT molecular complexity index is 754. The second kappa shape index (κ2) is 7.51. The molecule has 1 aliphatic heterocycles. The summed E-state index contributed by atoms with van der Waals surface area (Å²) in [6.45, 7) is 3.55. The number of hydrogen-bond acceptors (Lipinski definition) is 2. The number of halogens is 1. The van der Waals surface area contributed by atoms with E-state index in [9.17, 15) is 14.0 Å². The molecule has 6 heteroatoms. The van der Waals surface area contributed by atoms with Crippen LogP contribution in [0.25, 0.3) is 11.1 Å². The summed E-state index contributed by atoms with van der Waals surface area (Å²) in [7, 11) is 0. The highest BCUT2D eigenvalue weighted by Crippen LogP contribution is 2.27. The standard InChI is InChI=1S/C19H22FN3O2/c1-2-22-18(24)14-4-3-9-23(12-14)19(25)17-11-21-10-16(17)13-5-7-15(20)8-6-13/h5-8,10-11,14,21H,2-4,9,12H2,1H3,(H,22,24)/t14-/m1/s1. The largest absolute Gasteiger partial charge is 0.366 e. The maximum Gasteiger partial charge on any atom is 0.256 e. The number of carbonyl (C=O) groups is 2. The number of nitrogens with zero attached hydrogens (tertiary/aromatic N) is 1. The van der Waals surface area contributed by atoms with Gasteiger partial charge in [-0.15, -0.1) is 0 Å². The summed E-state index contributed by atoms with van der Waals surface area (Å²) in [5.74, 6) is -0.568. The Morgan fingerprint density at radius 2 is 2.04 bits per heavy atom. The molecule has 5 nitrogen and oxygen atoms in total. The molecule has 2 aromatic rings. The lowest BCUT2D eigenvalue weighted by Crippen LogP contribution is -2.45. The fourth-order valence-corrected chi connectivity index (χ4v) is 3.27. The lowest BCUT2D eigenvalue weighted by molar-refractivity contribution is -0.126. The number of aromatic nitrogens is 1. The molecule has 0 unspecified atom stereocenters. The fraction of sp³-hybridized carbons (Fsp3) is 0.368. The van der Waals surface area contributed by atoms with Gasteiger partial charge in [0.1, 0.15) is 5.82 Å². The Kier molecular flexibility index (Phi) is 5.16. The zero-order valence-electron chi connectivity index (χ0n) is 14.2. The number of benzene rings is 1. The molecule has 0 spiro atoms. The van der Waals surface area contributed by atoms with Crippen molar-refractivity contribution in [1.29, 1.82) is 0 Å². The van der Waals surface area contributed by atoms with Crippen molar-refractivity contribution >= 4 is 11.8 Å². The molecule has 1 atom stereocenters. The molecule has 1 aliphatic rings. The maximum absolute atomic E-state index is 13.1. The fourth-order valence-electron chi connectivity index (χ4n) is 3.27. The number of rotatable bonds is 4. The molecule has 132 valence electrons. The Morgan fingerprint density at radius 1 is 1.28 bits per heavy atom. The van der Waals surface area contributed by atoms with Crippen molar-refractivity contribution in [1.82, 2.24) is 15.2 Å². The van der Waals surface area contributed by atoms with Gasteiger partial charge >= 0.3 is 0 Å². The van der Waals surface area contributed by atoms with E-state index in [0.717, 1.165) is 24.0 Å². The summed E-state index contributed by atoms with van der Waals surface area (Å²) in [4.78, 5) is 29.7. The first-order chi connectivity index (χ1) is 12.1. The van der Waals surface area contributed by atoms with Crippen LogP contribution < -0.4 is 5.32 Å². The molecule has 2 heterocycles. The van der Waals surface area contributed by atoms with E-state index in [2.05, 4.69) is 10.3 Å². The van der Waals surface area contributed by atoms with Crippen molar-refractivity contribution < 1.29 is 14.0 Å². The van der Waals surface area contributed by atoms with Crippen LogP contribution in [0.1, 0.15) is 30.1 Å². The number of nitrogens with one attached hydrogen (secondary N) is 2. The Labute approximate surface area is 146 Å². The van der Waals surface area contributed by atoms with Gasteiger partial charge in [-0.05, 0) is 37.5 Å². The Balaban J connectivity index is 1.78. The van der Waals surface area contributed by atoms with Gasteiger partial charge in [-0.3, -0.25) is 9.59 Å². The van der Waals surface area contributed by atoms with E-state index >= 15 is 0 Å². The van der Waals surface area contributed by atoms with E-state index in [4.69, 9.17) is 0 Å². The van der Waals surface area contributed by atoms with Gasteiger partial charge in [0.2, 0.25) is 5.91 Å². The van der Waals surface area contributed by atoms with E-state index < -0.39 is 0 Å². The van der Waals surface area contributed by atoms with Crippen LogP contribution in [0.4, 0.5) is 4.39 Å². The maximum atomic E-state index is 13.1. The minimum atomic E-state index is -0.312. The first-order valence-corrected chi connectivity index (χ1v) is 8.60. The van der Waals surface area contributed by atoms with Crippen molar-refractivity contribution in [2.45, 2.75) is 19.8 Å². The third-order valence-electron chi connectivity index (χ3n) is 4.56. The van der Waals surface area contributed by atoms with Gasteiger partial charge < -0.3 is 15.2 Å². The van der Waals surface area contributed by atoms with Gasteiger partial charge in [-0.25, -0.2) is 4.39 Å². The number of amides is 2. The third-order valence-corrected chi connectivity index (χ3v) is 4.56. The number of hydrogen-bond donors (Lipinski definition) is 2. The van der Waals surface area contributed by atoms with Gasteiger partial charge in [0.05, 0.1) is 11.5 Å². The predicted molar refractivity (Wildman–Crippen MR) is 93.5 cm³/mol. The highest BCUT2D eigenvalue weighted by molar-refractivity contribution is 6.01. The van der Waals surface area contributed by atoms with E-state index in [1.54, 1.807) is 29.4 Å². The highest BCUT2D eigenvalue weighted by Gasteiger charge is 2.29. The van der Waals surface area contributed by atoms with Gasteiger partial charge in [-0.2, -0.15) is 0 Å². The molecule has 1 aromatic carbocycles. The first kappa shape index (κ1) is 17.2. The summed E-state index contributed by atoms with van der Waals surface area (Å²) >= 11 is 0. The predicted octanol–water partition coefficient (Wildman–Crippen LogP) is 2.81. The number of piperidine rings is 1. The van der Waals surface area contributed by atoms with Crippen molar-refractivity contribution in [3.05, 3.63) is 48.0 Å². The average Bonchev–Trinajstić information content (AvgIpc) is 3.11. The van der Waals surface area contributed by atoms with Gasteiger partial charge in [-0.1, -0.05) is 12.1 Å². The van der Waals surface area contributed by atoms with Gasteiger partial charge in [0, 0.05) is 37.6 Å². The van der Waals surface area contributed by atoms with Crippen LogP contribution in [-0.2, 0) is 4.79 Å². The molecular weight excluding hydrogens is 321 g/mol. The lowest BCUT2D eigenvalue weighted by atomic mass is 9.96. The molecule has 1 fully saturated rings. The Morgan fingerprint density at radius 3 is 2.76 bits per heavy atom. The summed E-state index contributed by atoms with van der Waals surface area (Å²) in [6.07, 6.45) is 5.01. The van der Waals surface area contributed by atoms with Crippen LogP contribution >= 0.6 is 0 Å². The minimum Gasteiger partial charge on any atom is -0.366 e. The van der Waals surface area contributed by atoms with Crippen LogP contribution in [0.5, 0.6) is 0 Å². The second-order valence-corrected chi connectivity index (χ2v) is 6.27. The normalized spacial score (nSPS) is 17.4. The van der Waals surface area contributed by atoms with Crippen LogP contribution in [0.2, 0.25) is 0 Å². The number of H-pyrrole nitrogens is 1. The smallest absolute Gasteiger partial charge is 0.256 e. The Hall–Kier alpha value is -2.63. The van der Waals surface area contributed by atoms with Crippen molar-refractivity contribution in [2.24, 2.45) is 5.92 Å². The molecule has 2 amide bonds. The van der Waals surface area contributed by atoms with Gasteiger partial charge in [0.25, 0.3) is 5.91 Å². The molecule has 0 bridgehead atoms. The van der Waals surface area contributed by atoms with Crippen LogP contribution in [-0.4, -0.2) is 41.3 Å². The molecule has 1 saturated heterocycles. The second-order valence-electron chi connectivity index (χ2n) is 6.27. The number of likely N-dealkylation sites (tertiary alicyclic amines) is 1. The monoisotopic (exact) mass is 343 g/mol. The number of aromatic amines is 1. The minimum absolute atomic E-state index is 0.00725. The van der Waals surface area contributed by atoms with E-state index in [-0.39, 0.29) is 23.5 Å². The summed E-state index contributed by atoms with van der Waals surface area (Å²) < 4.78 is 13.1. The summed E-state index contributed by atoms with van der Waals surface area (Å²) in [5.41, 5.74) is 2.07. The molecule has 0 saturated carbocycles. The van der Waals surface area contributed by atoms with Crippen molar-refractivity contribution in [3.63, 3.8) is 0 Å². The first-order valence-electron chi connectivity index (χ1n) is 8.60. The van der Waals surface area contributed by atoms with Crippen LogP contribution in [0.3, 0.4) is 0 Å². The lowest BCUT2D eigenvalue weighted by Gasteiger charge is -2.32. The molecule has 25 heavy (non-hydrogen) atoms. The molecule has 2 N–H and O–H groups in total. The molecular formula is C19H22FN3O2. The van der Waals surface area contributed by atoms with Crippen LogP contribution in [0, 0.1) is 11.7 Å². The van der Waals surface area contributed by atoms with Crippen LogP contribution in [0.15, 0.2) is 36.7 Å². The van der Waals surface area contributed by atoms with E-state index in [1.807, 2.05) is 6.92 Å². The summed E-state index contributed by atoms with van der Waals surface area (Å²) in [5, 5.41) is 2.83. The molecule has 1 aromatic heterocycles. The molecule has 3 rings (SSSR count). The van der Waals surface area contributed by atoms with E-state index in [0.29, 0.717) is 25.2 Å². The van der Waals surface area contributed by atoms with Gasteiger partial charge in [0.15, 0.2) is 0 Å². The van der Waals surface area contributed by atoms with E-state index in [1.165, 1.54) is 12.1 Å². The zero-order valence-corrected chi connectivity index (χ0v) is 14.2.